The van der Waals surface area contributed by atoms with Gasteiger partial charge < -0.3 is 10.0 Å². The van der Waals surface area contributed by atoms with Crippen molar-refractivity contribution in [2.75, 3.05) is 13.1 Å². The van der Waals surface area contributed by atoms with Crippen molar-refractivity contribution >= 4 is 11.9 Å². The van der Waals surface area contributed by atoms with Crippen molar-refractivity contribution in [1.82, 2.24) is 4.90 Å². The number of likely N-dealkylation sites (tertiary alicyclic amines) is 1. The first kappa shape index (κ1) is 13.7. The summed E-state index contributed by atoms with van der Waals surface area (Å²) in [6.45, 7) is 8.12. The summed E-state index contributed by atoms with van der Waals surface area (Å²) in [5.74, 6) is -0.641. The molecule has 4 heteroatoms. The number of hydrogen-bond acceptors (Lipinski definition) is 2. The van der Waals surface area contributed by atoms with E-state index in [-0.39, 0.29) is 11.3 Å². The fourth-order valence-electron chi connectivity index (χ4n) is 2.21. The van der Waals surface area contributed by atoms with Crippen LogP contribution in [0.2, 0.25) is 0 Å². The first-order valence-electron chi connectivity index (χ1n) is 6.00. The molecule has 0 aliphatic carbocycles. The molecule has 0 spiro atoms. The van der Waals surface area contributed by atoms with Crippen LogP contribution >= 0.6 is 0 Å². The van der Waals surface area contributed by atoms with Crippen molar-refractivity contribution in [2.45, 2.75) is 33.6 Å². The summed E-state index contributed by atoms with van der Waals surface area (Å²) in [6.07, 6.45) is 4.03. The first-order valence-corrected chi connectivity index (χ1v) is 6.00. The van der Waals surface area contributed by atoms with Gasteiger partial charge in [0.05, 0.1) is 0 Å². The summed E-state index contributed by atoms with van der Waals surface area (Å²) < 4.78 is 0. The molecule has 1 fully saturated rings. The van der Waals surface area contributed by atoms with E-state index in [1.807, 2.05) is 0 Å². The lowest BCUT2D eigenvalue weighted by Gasteiger charge is -2.38. The summed E-state index contributed by atoms with van der Waals surface area (Å²) >= 11 is 0. The maximum absolute atomic E-state index is 11.6. The second-order valence-corrected chi connectivity index (χ2v) is 5.64. The highest BCUT2D eigenvalue weighted by atomic mass is 16.4. The van der Waals surface area contributed by atoms with E-state index >= 15 is 0 Å². The van der Waals surface area contributed by atoms with Crippen LogP contribution in [0.3, 0.4) is 0 Å². The highest BCUT2D eigenvalue weighted by molar-refractivity contribution is 5.93. The minimum absolute atomic E-state index is 0.195. The van der Waals surface area contributed by atoms with Gasteiger partial charge in [-0.3, -0.25) is 4.79 Å². The zero-order valence-electron chi connectivity index (χ0n) is 10.8. The fraction of sp³-hybridized carbons (Fsp3) is 0.692. The maximum atomic E-state index is 11.6. The van der Waals surface area contributed by atoms with Gasteiger partial charge in [0.25, 0.3) is 0 Å². The van der Waals surface area contributed by atoms with Gasteiger partial charge in [0.2, 0.25) is 5.91 Å². The van der Waals surface area contributed by atoms with E-state index < -0.39 is 5.97 Å². The topological polar surface area (TPSA) is 57.6 Å². The van der Waals surface area contributed by atoms with Gasteiger partial charge >= 0.3 is 5.97 Å². The van der Waals surface area contributed by atoms with E-state index in [1.165, 1.54) is 0 Å². The van der Waals surface area contributed by atoms with E-state index in [0.717, 1.165) is 38.1 Å². The van der Waals surface area contributed by atoms with Gasteiger partial charge in [-0.15, -0.1) is 0 Å². The van der Waals surface area contributed by atoms with E-state index in [2.05, 4.69) is 20.8 Å². The van der Waals surface area contributed by atoms with Crippen molar-refractivity contribution in [3.8, 4) is 0 Å². The zero-order valence-corrected chi connectivity index (χ0v) is 10.8. The SMILES string of the molecule is CC(C)(C)C1CCN(C(=O)C=CC(=O)O)CC1. The van der Waals surface area contributed by atoms with Crippen LogP contribution in [-0.2, 0) is 9.59 Å². The molecule has 0 aromatic rings. The molecule has 1 rings (SSSR count). The van der Waals surface area contributed by atoms with Gasteiger partial charge in [-0.25, -0.2) is 4.79 Å². The number of hydrogen-bond donors (Lipinski definition) is 1. The highest BCUT2D eigenvalue weighted by Crippen LogP contribution is 2.34. The van der Waals surface area contributed by atoms with Gasteiger partial charge in [-0.1, -0.05) is 20.8 Å². The molecule has 0 radical (unpaired) electrons. The zero-order chi connectivity index (χ0) is 13.1. The van der Waals surface area contributed by atoms with Gasteiger partial charge in [0.15, 0.2) is 0 Å². The summed E-state index contributed by atoms with van der Waals surface area (Å²) in [4.78, 5) is 23.7. The Labute approximate surface area is 102 Å². The molecular weight excluding hydrogens is 218 g/mol. The van der Waals surface area contributed by atoms with Crippen LogP contribution in [0, 0.1) is 11.3 Å². The van der Waals surface area contributed by atoms with Crippen molar-refractivity contribution in [2.24, 2.45) is 11.3 Å². The monoisotopic (exact) mass is 239 g/mol. The molecule has 1 amide bonds. The number of amides is 1. The van der Waals surface area contributed by atoms with Crippen molar-refractivity contribution in [1.29, 1.82) is 0 Å². The molecular formula is C13H21NO3. The number of aliphatic carboxylic acids is 1. The molecule has 1 saturated heterocycles. The van der Waals surface area contributed by atoms with Crippen molar-refractivity contribution < 1.29 is 14.7 Å². The number of carbonyl (C=O) groups is 2. The Morgan fingerprint density at radius 3 is 2.12 bits per heavy atom. The second-order valence-electron chi connectivity index (χ2n) is 5.64. The Kier molecular flexibility index (Phi) is 4.32. The van der Waals surface area contributed by atoms with Crippen LogP contribution in [-0.4, -0.2) is 35.0 Å². The average Bonchev–Trinajstić information content (AvgIpc) is 2.25. The predicted octanol–water partition coefficient (Wildman–Crippen LogP) is 1.91. The molecule has 96 valence electrons. The fourth-order valence-corrected chi connectivity index (χ4v) is 2.21. The summed E-state index contributed by atoms with van der Waals surface area (Å²) in [5.41, 5.74) is 0.284. The first-order chi connectivity index (χ1) is 7.80. The molecule has 1 N–H and O–H groups in total. The molecule has 1 aliphatic rings. The van der Waals surface area contributed by atoms with Gasteiger partial charge in [-0.2, -0.15) is 0 Å². The molecule has 0 unspecified atom stereocenters. The van der Waals surface area contributed by atoms with E-state index in [1.54, 1.807) is 4.90 Å². The quantitative estimate of drug-likeness (QED) is 0.749. The number of carbonyl (C=O) groups excluding carboxylic acids is 1. The lowest BCUT2D eigenvalue weighted by molar-refractivity contribution is -0.132. The van der Waals surface area contributed by atoms with Crippen LogP contribution in [0.4, 0.5) is 0 Å². The average molecular weight is 239 g/mol. The van der Waals surface area contributed by atoms with Crippen LogP contribution < -0.4 is 0 Å². The van der Waals surface area contributed by atoms with Gasteiger partial charge in [0, 0.05) is 25.2 Å². The lowest BCUT2D eigenvalue weighted by Crippen LogP contribution is -2.40. The molecule has 4 nitrogen and oxygen atoms in total. The molecule has 0 bridgehead atoms. The highest BCUT2D eigenvalue weighted by Gasteiger charge is 2.29. The smallest absolute Gasteiger partial charge is 0.328 e. The molecule has 1 heterocycles. The molecule has 1 aliphatic heterocycles. The molecule has 0 saturated carbocycles. The van der Waals surface area contributed by atoms with E-state index in [9.17, 15) is 9.59 Å². The summed E-state index contributed by atoms with van der Waals surface area (Å²) in [6, 6.07) is 0. The molecule has 0 aromatic carbocycles. The summed E-state index contributed by atoms with van der Waals surface area (Å²) in [5, 5.41) is 8.45. The van der Waals surface area contributed by atoms with Crippen molar-refractivity contribution in [3.05, 3.63) is 12.2 Å². The Morgan fingerprint density at radius 2 is 1.71 bits per heavy atom. The predicted molar refractivity (Wildman–Crippen MR) is 65.5 cm³/mol. The van der Waals surface area contributed by atoms with Crippen molar-refractivity contribution in [3.63, 3.8) is 0 Å². The second kappa shape index (κ2) is 5.34. The number of piperidine rings is 1. The third-order valence-corrected chi connectivity index (χ3v) is 3.40. The van der Waals surface area contributed by atoms with Crippen LogP contribution in [0.25, 0.3) is 0 Å². The summed E-state index contributed by atoms with van der Waals surface area (Å²) in [7, 11) is 0. The third-order valence-electron chi connectivity index (χ3n) is 3.40. The number of rotatable bonds is 2. The van der Waals surface area contributed by atoms with Crippen LogP contribution in [0.5, 0.6) is 0 Å². The van der Waals surface area contributed by atoms with E-state index in [0.29, 0.717) is 5.92 Å². The largest absolute Gasteiger partial charge is 0.478 e. The molecule has 17 heavy (non-hydrogen) atoms. The Balaban J connectivity index is 2.47. The third kappa shape index (κ3) is 4.21. The Bertz CT molecular complexity index is 320. The maximum Gasteiger partial charge on any atom is 0.328 e. The molecule has 0 atom stereocenters. The van der Waals surface area contributed by atoms with E-state index in [4.69, 9.17) is 5.11 Å². The van der Waals surface area contributed by atoms with Gasteiger partial charge in [-0.05, 0) is 24.2 Å². The van der Waals surface area contributed by atoms with Crippen LogP contribution in [0.15, 0.2) is 12.2 Å². The lowest BCUT2D eigenvalue weighted by atomic mass is 9.75. The number of carboxylic acid groups (broad SMARTS) is 1. The Hall–Kier alpha value is -1.32. The number of nitrogens with zero attached hydrogens (tertiary/aromatic N) is 1. The number of carboxylic acids is 1. The minimum atomic E-state index is -1.08. The molecule has 0 aromatic heterocycles. The normalized spacial score (nSPS) is 18.6. The Morgan fingerprint density at radius 1 is 1.18 bits per heavy atom. The van der Waals surface area contributed by atoms with Crippen LogP contribution in [0.1, 0.15) is 33.6 Å². The van der Waals surface area contributed by atoms with Gasteiger partial charge in [0.1, 0.15) is 0 Å². The minimum Gasteiger partial charge on any atom is -0.478 e. The standard InChI is InChI=1S/C13H21NO3/c1-13(2,3)10-6-8-14(9-7-10)11(15)4-5-12(16)17/h4-5,10H,6-9H2,1-3H3,(H,16,17).